The highest BCUT2D eigenvalue weighted by molar-refractivity contribution is 5.90. The van der Waals surface area contributed by atoms with E-state index in [0.717, 1.165) is 12.0 Å². The Kier molecular flexibility index (Phi) is 12.5. The molecule has 4 amide bonds. The topological polar surface area (TPSA) is 177 Å². The molecule has 0 bridgehead atoms. The van der Waals surface area contributed by atoms with Crippen molar-refractivity contribution in [1.82, 2.24) is 15.5 Å². The summed E-state index contributed by atoms with van der Waals surface area (Å²) in [6, 6.07) is 11.5. The number of ether oxygens (including phenoxy) is 2. The summed E-state index contributed by atoms with van der Waals surface area (Å²) in [4.78, 5) is 63.2. The van der Waals surface area contributed by atoms with E-state index in [0.29, 0.717) is 43.7 Å². The third kappa shape index (κ3) is 10.3. The van der Waals surface area contributed by atoms with Gasteiger partial charge in [0.25, 0.3) is 5.91 Å². The zero-order valence-electron chi connectivity index (χ0n) is 25.4. The van der Waals surface area contributed by atoms with Gasteiger partial charge in [-0.1, -0.05) is 51.1 Å². The van der Waals surface area contributed by atoms with Crippen molar-refractivity contribution in [3.63, 3.8) is 0 Å². The second-order valence-electron chi connectivity index (χ2n) is 11.3. The molecule has 1 saturated heterocycles. The lowest BCUT2D eigenvalue weighted by molar-refractivity contribution is -0.142. The predicted molar refractivity (Wildman–Crippen MR) is 162 cm³/mol. The van der Waals surface area contributed by atoms with E-state index < -0.39 is 36.0 Å². The number of carboxylic acid groups (broad SMARTS) is 1. The lowest BCUT2D eigenvalue weighted by Crippen LogP contribution is -2.53. The molecular weight excluding hydrogens is 568 g/mol. The molecule has 1 fully saturated rings. The standard InChI is InChI=1S/C32H42N4O8/c1-4-22-7-5-6-8-27(22)43-19-28(37)34-25(17-20(2)3)30(39)35-26(31(40)41)18-21-9-11-24(12-10-21)44-32(42)36-15-13-23(14-16-36)29(33)38/h5-12,20,23,25-26H,4,13-19H2,1-3H3,(H2,33,38)(H,34,37)(H,35,39)(H,40,41). The molecule has 0 aliphatic carbocycles. The molecule has 2 atom stereocenters. The van der Waals surface area contributed by atoms with Gasteiger partial charge in [-0.2, -0.15) is 0 Å². The first-order chi connectivity index (χ1) is 21.0. The second-order valence-corrected chi connectivity index (χ2v) is 11.3. The van der Waals surface area contributed by atoms with Crippen LogP contribution in [-0.2, 0) is 32.0 Å². The van der Waals surface area contributed by atoms with E-state index in [4.69, 9.17) is 15.2 Å². The van der Waals surface area contributed by atoms with Gasteiger partial charge < -0.3 is 35.8 Å². The molecule has 2 unspecified atom stereocenters. The number of hydrogen-bond acceptors (Lipinski definition) is 7. The highest BCUT2D eigenvalue weighted by Crippen LogP contribution is 2.20. The Morgan fingerprint density at radius 1 is 0.977 bits per heavy atom. The number of amides is 4. The fourth-order valence-corrected chi connectivity index (χ4v) is 4.93. The quantitative estimate of drug-likeness (QED) is 0.252. The van der Waals surface area contributed by atoms with E-state index in [1.807, 2.05) is 39.0 Å². The Morgan fingerprint density at radius 3 is 2.23 bits per heavy atom. The van der Waals surface area contributed by atoms with Crippen molar-refractivity contribution in [3.8, 4) is 11.5 Å². The van der Waals surface area contributed by atoms with Gasteiger partial charge in [0.05, 0.1) is 0 Å². The number of piperidine rings is 1. The van der Waals surface area contributed by atoms with Gasteiger partial charge >= 0.3 is 12.1 Å². The third-order valence-corrected chi connectivity index (χ3v) is 7.41. The van der Waals surface area contributed by atoms with Crippen LogP contribution < -0.4 is 25.8 Å². The minimum atomic E-state index is -1.26. The Balaban J connectivity index is 1.56. The first-order valence-corrected chi connectivity index (χ1v) is 14.8. The van der Waals surface area contributed by atoms with Crippen molar-refractivity contribution in [2.75, 3.05) is 19.7 Å². The summed E-state index contributed by atoms with van der Waals surface area (Å²) in [6.07, 6.45) is 1.42. The lowest BCUT2D eigenvalue weighted by atomic mass is 9.97. The number of benzene rings is 2. The summed E-state index contributed by atoms with van der Waals surface area (Å²) in [5, 5.41) is 15.1. The predicted octanol–water partition coefficient (Wildman–Crippen LogP) is 2.67. The number of carbonyl (C=O) groups is 5. The number of carbonyl (C=O) groups excluding carboxylic acids is 4. The summed E-state index contributed by atoms with van der Waals surface area (Å²) in [7, 11) is 0. The van der Waals surface area contributed by atoms with Crippen LogP contribution in [0.25, 0.3) is 0 Å². The van der Waals surface area contributed by atoms with Crippen LogP contribution in [0.3, 0.4) is 0 Å². The minimum absolute atomic E-state index is 0.0326. The molecule has 1 aliphatic rings. The van der Waals surface area contributed by atoms with Crippen LogP contribution in [0.1, 0.15) is 51.2 Å². The number of nitrogens with two attached hydrogens (primary N) is 1. The van der Waals surface area contributed by atoms with Gasteiger partial charge in [0.2, 0.25) is 11.8 Å². The molecule has 1 aliphatic heterocycles. The van der Waals surface area contributed by atoms with Crippen molar-refractivity contribution in [3.05, 3.63) is 59.7 Å². The summed E-state index contributed by atoms with van der Waals surface area (Å²) >= 11 is 0. The number of aliphatic carboxylic acids is 1. The largest absolute Gasteiger partial charge is 0.483 e. The van der Waals surface area contributed by atoms with Gasteiger partial charge in [-0.25, -0.2) is 9.59 Å². The van der Waals surface area contributed by atoms with Crippen molar-refractivity contribution >= 4 is 29.8 Å². The number of aryl methyl sites for hydroxylation is 1. The van der Waals surface area contributed by atoms with E-state index >= 15 is 0 Å². The minimum Gasteiger partial charge on any atom is -0.483 e. The number of likely N-dealkylation sites (tertiary alicyclic amines) is 1. The van der Waals surface area contributed by atoms with Crippen LogP contribution in [0.2, 0.25) is 0 Å². The van der Waals surface area contributed by atoms with Crippen LogP contribution >= 0.6 is 0 Å². The number of primary amides is 1. The normalized spacial score (nSPS) is 14.8. The molecule has 238 valence electrons. The Labute approximate surface area is 257 Å². The van der Waals surface area contributed by atoms with Crippen LogP contribution in [-0.4, -0.2) is 71.6 Å². The van der Waals surface area contributed by atoms with Gasteiger partial charge in [0.15, 0.2) is 6.61 Å². The van der Waals surface area contributed by atoms with Gasteiger partial charge in [-0.05, 0) is 60.9 Å². The summed E-state index contributed by atoms with van der Waals surface area (Å²) in [5.41, 5.74) is 6.88. The highest BCUT2D eigenvalue weighted by atomic mass is 16.6. The van der Waals surface area contributed by atoms with E-state index in [1.165, 1.54) is 4.90 Å². The number of carboxylic acids is 1. The average Bonchev–Trinajstić information content (AvgIpc) is 3.00. The van der Waals surface area contributed by atoms with Gasteiger partial charge in [-0.3, -0.25) is 14.4 Å². The molecular formula is C32H42N4O8. The zero-order valence-corrected chi connectivity index (χ0v) is 25.4. The Morgan fingerprint density at radius 2 is 1.64 bits per heavy atom. The fraction of sp³-hybridized carbons (Fsp3) is 0.469. The molecule has 0 spiro atoms. The molecule has 3 rings (SSSR count). The molecule has 5 N–H and O–H groups in total. The molecule has 12 nitrogen and oxygen atoms in total. The zero-order chi connectivity index (χ0) is 32.2. The molecule has 2 aromatic carbocycles. The Bertz CT molecular complexity index is 1310. The third-order valence-electron chi connectivity index (χ3n) is 7.41. The molecule has 0 aromatic heterocycles. The summed E-state index contributed by atoms with van der Waals surface area (Å²) in [5.74, 6) is -2.06. The van der Waals surface area contributed by atoms with Crippen molar-refractivity contribution < 1.29 is 38.6 Å². The van der Waals surface area contributed by atoms with Crippen LogP contribution in [0.5, 0.6) is 11.5 Å². The van der Waals surface area contributed by atoms with Crippen LogP contribution in [0, 0.1) is 11.8 Å². The lowest BCUT2D eigenvalue weighted by Gasteiger charge is -2.29. The second kappa shape index (κ2) is 16.3. The van der Waals surface area contributed by atoms with Gasteiger partial charge in [-0.15, -0.1) is 0 Å². The summed E-state index contributed by atoms with van der Waals surface area (Å²) in [6.45, 7) is 6.21. The number of rotatable bonds is 14. The molecule has 12 heteroatoms. The average molecular weight is 611 g/mol. The SMILES string of the molecule is CCc1ccccc1OCC(=O)NC(CC(C)C)C(=O)NC(Cc1ccc(OC(=O)N2CCC(C(N)=O)CC2)cc1)C(=O)O. The van der Waals surface area contributed by atoms with E-state index in [-0.39, 0.29) is 36.5 Å². The maximum absolute atomic E-state index is 13.2. The molecule has 1 heterocycles. The Hall–Kier alpha value is -4.61. The molecule has 0 radical (unpaired) electrons. The number of nitrogens with one attached hydrogen (secondary N) is 2. The van der Waals surface area contributed by atoms with Crippen molar-refractivity contribution in [1.29, 1.82) is 0 Å². The number of hydrogen-bond donors (Lipinski definition) is 4. The van der Waals surface area contributed by atoms with Crippen LogP contribution in [0.4, 0.5) is 4.79 Å². The van der Waals surface area contributed by atoms with E-state index in [9.17, 15) is 29.1 Å². The van der Waals surface area contributed by atoms with Crippen LogP contribution in [0.15, 0.2) is 48.5 Å². The monoisotopic (exact) mass is 610 g/mol. The smallest absolute Gasteiger partial charge is 0.415 e. The van der Waals surface area contributed by atoms with Crippen molar-refractivity contribution in [2.45, 2.75) is 65.0 Å². The summed E-state index contributed by atoms with van der Waals surface area (Å²) < 4.78 is 11.1. The first kappa shape index (κ1) is 33.9. The highest BCUT2D eigenvalue weighted by Gasteiger charge is 2.29. The van der Waals surface area contributed by atoms with Crippen molar-refractivity contribution in [2.24, 2.45) is 17.6 Å². The van der Waals surface area contributed by atoms with Gasteiger partial charge in [0, 0.05) is 25.4 Å². The maximum Gasteiger partial charge on any atom is 0.415 e. The number of nitrogens with zero attached hydrogens (tertiary/aromatic N) is 1. The fourth-order valence-electron chi connectivity index (χ4n) is 4.93. The first-order valence-electron chi connectivity index (χ1n) is 14.8. The molecule has 44 heavy (non-hydrogen) atoms. The molecule has 0 saturated carbocycles. The van der Waals surface area contributed by atoms with E-state index in [1.54, 1.807) is 30.3 Å². The number of para-hydroxylation sites is 1. The maximum atomic E-state index is 13.2. The van der Waals surface area contributed by atoms with Gasteiger partial charge in [0.1, 0.15) is 23.6 Å². The van der Waals surface area contributed by atoms with E-state index in [2.05, 4.69) is 10.6 Å². The molecule has 2 aromatic rings.